The number of nitrogens with zero attached hydrogens (tertiary/aromatic N) is 2. The Kier molecular flexibility index (Phi) is 5.29. The van der Waals surface area contributed by atoms with Gasteiger partial charge in [-0.15, -0.1) is 0 Å². The smallest absolute Gasteiger partial charge is 0.239 e. The summed E-state index contributed by atoms with van der Waals surface area (Å²) < 4.78 is 21.7. The highest BCUT2D eigenvalue weighted by Crippen LogP contribution is 2.05. The fourth-order valence-electron chi connectivity index (χ4n) is 1.00. The van der Waals surface area contributed by atoms with Gasteiger partial charge in [0.25, 0.3) is 0 Å². The van der Waals surface area contributed by atoms with Crippen LogP contribution in [0.2, 0.25) is 0 Å². The fraction of sp³-hybridized carbons (Fsp3) is 0.778. The molecule has 6 heteroatoms. The van der Waals surface area contributed by atoms with E-state index in [9.17, 15) is 13.2 Å². The Morgan fingerprint density at radius 2 is 2.07 bits per heavy atom. The molecule has 86 valence electrons. The van der Waals surface area contributed by atoms with Crippen LogP contribution in [-0.4, -0.2) is 44.8 Å². The average Bonchev–Trinajstić information content (AvgIpc) is 2.14. The van der Waals surface area contributed by atoms with Crippen LogP contribution in [0.4, 0.5) is 0 Å². The molecule has 0 aliphatic rings. The molecular formula is C9H16N2O3S. The molecule has 0 heterocycles. The van der Waals surface area contributed by atoms with Gasteiger partial charge < -0.3 is 4.90 Å². The van der Waals surface area contributed by atoms with Gasteiger partial charge in [-0.05, 0) is 6.42 Å². The number of rotatable bonds is 5. The lowest BCUT2D eigenvalue weighted by Gasteiger charge is -2.18. The van der Waals surface area contributed by atoms with E-state index < -0.39 is 15.8 Å². The molecule has 1 unspecified atom stereocenters. The molecule has 0 N–H and O–H groups in total. The molecule has 0 bridgehead atoms. The lowest BCUT2D eigenvalue weighted by atomic mass is 10.1. The molecule has 0 rings (SSSR count). The Morgan fingerprint density at radius 3 is 2.40 bits per heavy atom. The van der Waals surface area contributed by atoms with Gasteiger partial charge in [-0.25, -0.2) is 8.42 Å². The first-order valence-corrected chi connectivity index (χ1v) is 6.70. The number of nitriles is 1. The highest BCUT2D eigenvalue weighted by Gasteiger charge is 2.20. The number of hydrogen-bond acceptors (Lipinski definition) is 4. The van der Waals surface area contributed by atoms with Crippen LogP contribution in [0.3, 0.4) is 0 Å². The summed E-state index contributed by atoms with van der Waals surface area (Å²) in [5.41, 5.74) is 0. The number of carbonyl (C=O) groups is 1. The van der Waals surface area contributed by atoms with Crippen molar-refractivity contribution in [1.29, 1.82) is 5.26 Å². The monoisotopic (exact) mass is 232 g/mol. The molecule has 0 aliphatic heterocycles. The molecule has 0 aromatic carbocycles. The van der Waals surface area contributed by atoms with Crippen LogP contribution in [0.15, 0.2) is 0 Å². The minimum Gasteiger partial charge on any atom is -0.344 e. The maximum Gasteiger partial charge on any atom is 0.239 e. The van der Waals surface area contributed by atoms with Crippen molar-refractivity contribution in [1.82, 2.24) is 4.90 Å². The van der Waals surface area contributed by atoms with Crippen molar-refractivity contribution < 1.29 is 13.2 Å². The van der Waals surface area contributed by atoms with Crippen molar-refractivity contribution in [2.75, 3.05) is 25.6 Å². The second kappa shape index (κ2) is 5.71. The van der Waals surface area contributed by atoms with Gasteiger partial charge in [0.1, 0.15) is 15.8 Å². The van der Waals surface area contributed by atoms with Gasteiger partial charge in [-0.1, -0.05) is 6.92 Å². The quantitative estimate of drug-likeness (QED) is 0.670. The van der Waals surface area contributed by atoms with Gasteiger partial charge in [0.15, 0.2) is 0 Å². The summed E-state index contributed by atoms with van der Waals surface area (Å²) >= 11 is 0. The van der Waals surface area contributed by atoms with E-state index in [0.29, 0.717) is 6.42 Å². The summed E-state index contributed by atoms with van der Waals surface area (Å²) in [5.74, 6) is -1.06. The molecular weight excluding hydrogens is 216 g/mol. The lowest BCUT2D eigenvalue weighted by molar-refractivity contribution is -0.132. The van der Waals surface area contributed by atoms with E-state index in [1.807, 2.05) is 6.07 Å². The molecule has 0 aliphatic carbocycles. The van der Waals surface area contributed by atoms with E-state index >= 15 is 0 Å². The van der Waals surface area contributed by atoms with E-state index in [-0.39, 0.29) is 18.2 Å². The lowest BCUT2D eigenvalue weighted by Crippen LogP contribution is -2.35. The standard InChI is InChI=1S/C9H16N2O3S/c1-4-8(7-10)9(12)11(2)5-6-15(3,13)14/h8H,4-6H2,1-3H3. The highest BCUT2D eigenvalue weighted by atomic mass is 32.2. The maximum atomic E-state index is 11.5. The van der Waals surface area contributed by atoms with Crippen LogP contribution in [0.1, 0.15) is 13.3 Å². The topological polar surface area (TPSA) is 78.2 Å². The number of sulfone groups is 1. The zero-order chi connectivity index (χ0) is 12.1. The number of carbonyl (C=O) groups excluding carboxylic acids is 1. The zero-order valence-corrected chi connectivity index (χ0v) is 10.0. The second-order valence-corrected chi connectivity index (χ2v) is 5.74. The van der Waals surface area contributed by atoms with E-state index in [2.05, 4.69) is 0 Å². The van der Waals surface area contributed by atoms with Gasteiger partial charge >= 0.3 is 0 Å². The summed E-state index contributed by atoms with van der Waals surface area (Å²) in [7, 11) is -1.56. The third-order valence-corrected chi connectivity index (χ3v) is 2.96. The Hall–Kier alpha value is -1.09. The molecule has 0 aromatic rings. The van der Waals surface area contributed by atoms with Gasteiger partial charge in [-0.2, -0.15) is 5.26 Å². The third-order valence-electron chi connectivity index (χ3n) is 2.04. The van der Waals surface area contributed by atoms with E-state index in [4.69, 9.17) is 5.26 Å². The minimum absolute atomic E-state index is 0.0723. The predicted molar refractivity (Wildman–Crippen MR) is 56.7 cm³/mol. The van der Waals surface area contributed by atoms with Crippen LogP contribution in [0.25, 0.3) is 0 Å². The fourth-order valence-corrected chi connectivity index (χ4v) is 1.61. The summed E-state index contributed by atoms with van der Waals surface area (Å²) in [6.45, 7) is 1.88. The molecule has 5 nitrogen and oxygen atoms in total. The van der Waals surface area contributed by atoms with Crippen molar-refractivity contribution in [3.8, 4) is 6.07 Å². The summed E-state index contributed by atoms with van der Waals surface area (Å²) in [5, 5.41) is 8.66. The van der Waals surface area contributed by atoms with Crippen LogP contribution < -0.4 is 0 Å². The predicted octanol–water partition coefficient (Wildman–Crippen LogP) is 0.0392. The van der Waals surface area contributed by atoms with Crippen molar-refractivity contribution in [3.63, 3.8) is 0 Å². The van der Waals surface area contributed by atoms with Gasteiger partial charge in [0, 0.05) is 19.8 Å². The maximum absolute atomic E-state index is 11.5. The number of hydrogen-bond donors (Lipinski definition) is 0. The molecule has 0 saturated heterocycles. The first-order chi connectivity index (χ1) is 6.81. The molecule has 0 fully saturated rings. The molecule has 1 amide bonds. The summed E-state index contributed by atoms with van der Waals surface area (Å²) in [4.78, 5) is 12.8. The van der Waals surface area contributed by atoms with Gasteiger partial charge in [0.05, 0.1) is 11.8 Å². The zero-order valence-electron chi connectivity index (χ0n) is 9.23. The average molecular weight is 232 g/mol. The van der Waals surface area contributed by atoms with Crippen molar-refractivity contribution in [3.05, 3.63) is 0 Å². The van der Waals surface area contributed by atoms with Crippen molar-refractivity contribution in [2.24, 2.45) is 5.92 Å². The highest BCUT2D eigenvalue weighted by molar-refractivity contribution is 7.90. The van der Waals surface area contributed by atoms with Gasteiger partial charge in [-0.3, -0.25) is 4.79 Å². The Balaban J connectivity index is 4.29. The summed E-state index contributed by atoms with van der Waals surface area (Å²) in [6.07, 6.45) is 1.56. The molecule has 15 heavy (non-hydrogen) atoms. The molecule has 0 saturated carbocycles. The SMILES string of the molecule is CCC(C#N)C(=O)N(C)CCS(C)(=O)=O. The van der Waals surface area contributed by atoms with Crippen molar-refractivity contribution >= 4 is 15.7 Å². The summed E-state index contributed by atoms with van der Waals surface area (Å²) in [6, 6.07) is 1.89. The largest absolute Gasteiger partial charge is 0.344 e. The van der Waals surface area contributed by atoms with Gasteiger partial charge in [0.2, 0.25) is 5.91 Å². The molecule has 1 atom stereocenters. The Bertz CT molecular complexity index is 356. The molecule has 0 radical (unpaired) electrons. The normalized spacial score (nSPS) is 12.9. The van der Waals surface area contributed by atoms with Crippen molar-refractivity contribution in [2.45, 2.75) is 13.3 Å². The first-order valence-electron chi connectivity index (χ1n) is 4.64. The first kappa shape index (κ1) is 13.9. The van der Waals surface area contributed by atoms with E-state index in [0.717, 1.165) is 6.26 Å². The molecule has 0 spiro atoms. The van der Waals surface area contributed by atoms with E-state index in [1.54, 1.807) is 6.92 Å². The van der Waals surface area contributed by atoms with E-state index in [1.165, 1.54) is 11.9 Å². The number of amides is 1. The Morgan fingerprint density at radius 1 is 1.53 bits per heavy atom. The van der Waals surface area contributed by atoms with Crippen LogP contribution in [0, 0.1) is 17.2 Å². The molecule has 0 aromatic heterocycles. The second-order valence-electron chi connectivity index (χ2n) is 3.48. The Labute approximate surface area is 90.6 Å². The third kappa shape index (κ3) is 5.37. The minimum atomic E-state index is -3.07. The van der Waals surface area contributed by atoms with Crippen LogP contribution in [-0.2, 0) is 14.6 Å². The van der Waals surface area contributed by atoms with Crippen LogP contribution >= 0.6 is 0 Å². The van der Waals surface area contributed by atoms with Crippen LogP contribution in [0.5, 0.6) is 0 Å².